The fourth-order valence-corrected chi connectivity index (χ4v) is 0.898. The number of nitrogens with zero attached hydrogens (tertiary/aromatic N) is 1. The van der Waals surface area contributed by atoms with Gasteiger partial charge in [0.1, 0.15) is 0 Å². The Bertz CT molecular complexity index is 297. The van der Waals surface area contributed by atoms with Crippen LogP contribution in [0.4, 0.5) is 0 Å². The third-order valence-electron chi connectivity index (χ3n) is 1.41. The summed E-state index contributed by atoms with van der Waals surface area (Å²) in [6, 6.07) is 0. The minimum Gasteiger partial charge on any atom is -0.333 e. The van der Waals surface area contributed by atoms with E-state index < -0.39 is 16.3 Å². The molecule has 0 aromatic rings. The summed E-state index contributed by atoms with van der Waals surface area (Å²) in [5.74, 6) is -0.347. The summed E-state index contributed by atoms with van der Waals surface area (Å²) in [6.07, 6.45) is 0.528. The first-order valence-electron chi connectivity index (χ1n) is 4.29. The van der Waals surface area contributed by atoms with Gasteiger partial charge in [-0.2, -0.15) is 0 Å². The first kappa shape index (κ1) is 15.2. The van der Waals surface area contributed by atoms with Crippen LogP contribution in [0.5, 0.6) is 0 Å². The molecule has 0 saturated heterocycles. The molecule has 0 aromatic heterocycles. The van der Waals surface area contributed by atoms with Crippen LogP contribution < -0.4 is 51.4 Å². The van der Waals surface area contributed by atoms with E-state index in [0.29, 0.717) is 0 Å². The van der Waals surface area contributed by atoms with Crippen LogP contribution in [0.1, 0.15) is 14.2 Å². The topological polar surface area (TPSA) is 54.5 Å². The Morgan fingerprint density at radius 3 is 2.50 bits per heavy atom. The van der Waals surface area contributed by atoms with E-state index in [1.54, 1.807) is 0 Å². The van der Waals surface area contributed by atoms with Crippen molar-refractivity contribution in [3.8, 4) is 0 Å². The Hall–Kier alpha value is 1.15. The van der Waals surface area contributed by atoms with E-state index in [9.17, 15) is 13.2 Å². The largest absolute Gasteiger partial charge is 1.00 e. The predicted octanol–water partition coefficient (Wildman–Crippen LogP) is -3.02. The zero-order valence-electron chi connectivity index (χ0n) is 9.73. The number of carbonyl (C=O) groups is 1. The van der Waals surface area contributed by atoms with Crippen molar-refractivity contribution in [3.05, 3.63) is 6.54 Å². The normalized spacial score (nSPS) is 14.1. The molecule has 0 aliphatic heterocycles. The van der Waals surface area contributed by atoms with Gasteiger partial charge in [-0.3, -0.25) is 0 Å². The molecule has 0 aliphatic rings. The third-order valence-corrected chi connectivity index (χ3v) is 2.56. The Balaban J connectivity index is 0. The van der Waals surface area contributed by atoms with E-state index >= 15 is 0 Å². The van der Waals surface area contributed by atoms with E-state index in [4.69, 9.17) is 9.22 Å². The quantitative estimate of drug-likeness (QED) is 0.368. The van der Waals surface area contributed by atoms with Crippen LogP contribution >= 0.6 is 0 Å². The van der Waals surface area contributed by atoms with Crippen molar-refractivity contribution in [1.82, 2.24) is 4.31 Å². The molecule has 0 fully saturated rings. The molecule has 0 aromatic carbocycles. The van der Waals surface area contributed by atoms with Crippen molar-refractivity contribution in [2.24, 2.45) is 0 Å². The molecule has 0 aliphatic carbocycles. The third kappa shape index (κ3) is 8.46. The van der Waals surface area contributed by atoms with Crippen molar-refractivity contribution in [1.29, 1.82) is 0 Å². The van der Waals surface area contributed by atoms with Gasteiger partial charge in [0, 0.05) is 7.15 Å². The zero-order chi connectivity index (χ0) is 11.4. The Morgan fingerprint density at radius 2 is 2.14 bits per heavy atom. The van der Waals surface area contributed by atoms with E-state index in [0.717, 1.165) is 17.1 Å². The maximum Gasteiger partial charge on any atom is 1.00 e. The minimum absolute atomic E-state index is 0. The first-order valence-corrected chi connectivity index (χ1v) is 5.57. The molecule has 4 nitrogen and oxygen atoms in total. The van der Waals surface area contributed by atoms with E-state index in [-0.39, 0.29) is 70.0 Å². The standard InChI is InChI=1S/C7H13BNO3S.K/c1-9(13(2,11)12)6-7(10)4-3-5-8;/h6H,3-5H2,1-2H3;/q-1;+1/i5D;. The summed E-state index contributed by atoms with van der Waals surface area (Å²) in [6.45, 7) is 0.998. The van der Waals surface area contributed by atoms with Crippen LogP contribution in [-0.4, -0.2) is 39.7 Å². The van der Waals surface area contributed by atoms with Gasteiger partial charge in [0.2, 0.25) is 0 Å². The molecule has 0 rings (SSSR count). The van der Waals surface area contributed by atoms with E-state index in [1.165, 1.54) is 7.05 Å². The smallest absolute Gasteiger partial charge is 0.333 e. The number of Topliss-reactive ketones (excluding diaryl/α,β-unsaturated/α-hetero) is 1. The second kappa shape index (κ2) is 8.32. The molecule has 0 saturated carbocycles. The van der Waals surface area contributed by atoms with Gasteiger partial charge < -0.3 is 9.10 Å². The SMILES string of the molecule is [2H]C([B])CCC(=O)[CH-]N(C)S(C)(=O)=O.[K+]. The molecule has 7 heteroatoms. The van der Waals surface area contributed by atoms with Crippen LogP contribution in [-0.2, 0) is 14.8 Å². The summed E-state index contributed by atoms with van der Waals surface area (Å²) < 4.78 is 29.6. The molecule has 0 bridgehead atoms. The van der Waals surface area contributed by atoms with Gasteiger partial charge >= 0.3 is 51.4 Å². The molecule has 0 spiro atoms. The Morgan fingerprint density at radius 1 is 1.64 bits per heavy atom. The first-order chi connectivity index (χ1) is 6.23. The maximum atomic E-state index is 11.1. The van der Waals surface area contributed by atoms with Crippen LogP contribution in [0, 0.1) is 6.54 Å². The molecule has 74 valence electrons. The number of carbonyl (C=O) groups excluding carboxylic acids is 1. The minimum atomic E-state index is -3.36. The summed E-state index contributed by atoms with van der Waals surface area (Å²) in [5.41, 5.74) is 0. The maximum absolute atomic E-state index is 11.1. The van der Waals surface area contributed by atoms with E-state index in [1.807, 2.05) is 0 Å². The van der Waals surface area contributed by atoms with Crippen molar-refractivity contribution in [2.75, 3.05) is 13.3 Å². The molecule has 0 heterocycles. The molecular weight excluding hydrogens is 228 g/mol. The summed E-state index contributed by atoms with van der Waals surface area (Å²) in [5, 5.41) is 0. The number of rotatable bonds is 6. The van der Waals surface area contributed by atoms with Crippen LogP contribution in [0.15, 0.2) is 0 Å². The molecule has 1 atom stereocenters. The Kier molecular flexibility index (Phi) is 9.00. The predicted molar refractivity (Wildman–Crippen MR) is 51.7 cm³/mol. The number of ketones is 1. The summed E-state index contributed by atoms with van der Waals surface area (Å²) >= 11 is 0. The molecule has 14 heavy (non-hydrogen) atoms. The molecule has 0 amide bonds. The van der Waals surface area contributed by atoms with Gasteiger partial charge in [0.05, 0.1) is 14.1 Å². The monoisotopic (exact) mass is 242 g/mol. The van der Waals surface area contributed by atoms with Gasteiger partial charge in [-0.1, -0.05) is 12.7 Å². The second-order valence-corrected chi connectivity index (χ2v) is 4.69. The van der Waals surface area contributed by atoms with E-state index in [2.05, 4.69) is 0 Å². The summed E-state index contributed by atoms with van der Waals surface area (Å²) in [4.78, 5) is 11.1. The fourth-order valence-electron chi connectivity index (χ4n) is 0.589. The molecule has 0 N–H and O–H groups in total. The summed E-state index contributed by atoms with van der Waals surface area (Å²) in [7, 11) is 3.05. The molecule has 2 radical (unpaired) electrons. The number of likely N-dealkylation sites (N-methyl/N-ethyl adjacent to an activating group) is 1. The van der Waals surface area contributed by atoms with Gasteiger partial charge in [-0.25, -0.2) is 15.0 Å². The average molecular weight is 242 g/mol. The van der Waals surface area contributed by atoms with Crippen molar-refractivity contribution in [3.63, 3.8) is 0 Å². The average Bonchev–Trinajstić information content (AvgIpc) is 1.99. The van der Waals surface area contributed by atoms with Crippen molar-refractivity contribution >= 4 is 23.7 Å². The number of hydrogen-bond acceptors (Lipinski definition) is 3. The van der Waals surface area contributed by atoms with Crippen LogP contribution in [0.25, 0.3) is 0 Å². The van der Waals surface area contributed by atoms with Gasteiger partial charge in [-0.05, 0) is 13.5 Å². The molecular formula is C7H13BKNO3S. The number of hydrogen-bond donors (Lipinski definition) is 0. The fraction of sp³-hybridized carbons (Fsp3) is 0.714. The number of sulfonamides is 1. The zero-order valence-corrected chi connectivity index (χ0v) is 12.7. The van der Waals surface area contributed by atoms with Gasteiger partial charge in [0.15, 0.2) is 10.0 Å². The van der Waals surface area contributed by atoms with Crippen molar-refractivity contribution in [2.45, 2.75) is 19.1 Å². The van der Waals surface area contributed by atoms with Crippen molar-refractivity contribution < 1.29 is 66.0 Å². The second-order valence-electron chi connectivity index (χ2n) is 2.65. The van der Waals surface area contributed by atoms with Gasteiger partial charge in [-0.15, -0.1) is 0 Å². The molecule has 1 unspecified atom stereocenters. The van der Waals surface area contributed by atoms with Crippen LogP contribution in [0.3, 0.4) is 0 Å². The van der Waals surface area contributed by atoms with Gasteiger partial charge in [0.25, 0.3) is 0 Å². The van der Waals surface area contributed by atoms with Crippen LogP contribution in [0.2, 0.25) is 6.30 Å². The Labute approximate surface area is 131 Å².